The number of hydrogen-bond acceptors (Lipinski definition) is 3. The molecule has 0 aliphatic heterocycles. The lowest BCUT2D eigenvalue weighted by Crippen LogP contribution is -2.37. The van der Waals surface area contributed by atoms with Crippen molar-refractivity contribution in [2.24, 2.45) is 0 Å². The van der Waals surface area contributed by atoms with E-state index in [9.17, 15) is 4.79 Å². The molecule has 0 saturated heterocycles. The Morgan fingerprint density at radius 3 is 2.40 bits per heavy atom. The van der Waals surface area contributed by atoms with Gasteiger partial charge in [0.25, 0.3) is 0 Å². The fourth-order valence-electron chi connectivity index (χ4n) is 1.58. The molecule has 2 rings (SSSR count). The molecule has 2 aromatic carbocycles. The summed E-state index contributed by atoms with van der Waals surface area (Å²) in [6, 6.07) is 17.4. The summed E-state index contributed by atoms with van der Waals surface area (Å²) in [6.45, 7) is 0.792. The highest BCUT2D eigenvalue weighted by atomic mass is 79.9. The molecule has 4 nitrogen and oxygen atoms in total. The monoisotopic (exact) mass is 334 g/mol. The number of hydrazine groups is 1. The van der Waals surface area contributed by atoms with Crippen molar-refractivity contribution in [3.63, 3.8) is 0 Å². The first-order chi connectivity index (χ1) is 9.74. The average Bonchev–Trinajstić information content (AvgIpc) is 2.48. The van der Waals surface area contributed by atoms with Crippen LogP contribution >= 0.6 is 15.9 Å². The SMILES string of the molecule is O=C(NNCc1ccc(Br)cc1)OCc1ccccc1. The molecule has 0 saturated carbocycles. The van der Waals surface area contributed by atoms with E-state index >= 15 is 0 Å². The molecule has 20 heavy (non-hydrogen) atoms. The van der Waals surface area contributed by atoms with E-state index in [0.29, 0.717) is 6.54 Å². The van der Waals surface area contributed by atoms with Gasteiger partial charge in [-0.25, -0.2) is 10.2 Å². The van der Waals surface area contributed by atoms with Crippen LogP contribution in [0, 0.1) is 0 Å². The van der Waals surface area contributed by atoms with Gasteiger partial charge in [0.2, 0.25) is 0 Å². The van der Waals surface area contributed by atoms with E-state index in [1.807, 2.05) is 54.6 Å². The molecule has 0 unspecified atom stereocenters. The zero-order valence-electron chi connectivity index (χ0n) is 10.8. The second kappa shape index (κ2) is 7.67. The van der Waals surface area contributed by atoms with Crippen molar-refractivity contribution in [2.75, 3.05) is 0 Å². The van der Waals surface area contributed by atoms with Crippen molar-refractivity contribution in [2.45, 2.75) is 13.2 Å². The summed E-state index contributed by atoms with van der Waals surface area (Å²) in [4.78, 5) is 11.5. The van der Waals surface area contributed by atoms with Crippen LogP contribution in [0.2, 0.25) is 0 Å². The second-order valence-electron chi connectivity index (χ2n) is 4.17. The van der Waals surface area contributed by atoms with Gasteiger partial charge in [0.05, 0.1) is 0 Å². The molecule has 1 amide bonds. The molecule has 0 bridgehead atoms. The molecule has 104 valence electrons. The first kappa shape index (κ1) is 14.6. The quantitative estimate of drug-likeness (QED) is 0.824. The minimum atomic E-state index is -0.494. The van der Waals surface area contributed by atoms with E-state index in [1.165, 1.54) is 0 Å². The van der Waals surface area contributed by atoms with Gasteiger partial charge in [-0.3, -0.25) is 5.43 Å². The minimum Gasteiger partial charge on any atom is -0.444 e. The Kier molecular flexibility index (Phi) is 5.58. The molecular weight excluding hydrogens is 320 g/mol. The summed E-state index contributed by atoms with van der Waals surface area (Å²) in [5, 5.41) is 0. The molecule has 0 atom stereocenters. The van der Waals surface area contributed by atoms with Crippen LogP contribution in [0.4, 0.5) is 4.79 Å². The second-order valence-corrected chi connectivity index (χ2v) is 5.08. The summed E-state index contributed by atoms with van der Waals surface area (Å²) >= 11 is 3.37. The Labute approximate surface area is 126 Å². The van der Waals surface area contributed by atoms with Gasteiger partial charge in [0, 0.05) is 11.0 Å². The van der Waals surface area contributed by atoms with Crippen LogP contribution in [0.1, 0.15) is 11.1 Å². The first-order valence-corrected chi connectivity index (χ1v) is 6.97. The van der Waals surface area contributed by atoms with Gasteiger partial charge in [-0.05, 0) is 23.3 Å². The lowest BCUT2D eigenvalue weighted by atomic mass is 10.2. The summed E-state index contributed by atoms with van der Waals surface area (Å²) < 4.78 is 6.09. The largest absolute Gasteiger partial charge is 0.444 e. The number of nitrogens with one attached hydrogen (secondary N) is 2. The number of carbonyl (C=O) groups is 1. The normalized spacial score (nSPS) is 10.1. The number of benzene rings is 2. The maximum atomic E-state index is 11.5. The number of amides is 1. The third-order valence-corrected chi connectivity index (χ3v) is 3.14. The summed E-state index contributed by atoms with van der Waals surface area (Å²) in [6.07, 6.45) is -0.494. The average molecular weight is 335 g/mol. The number of carbonyl (C=O) groups excluding carboxylic acids is 1. The molecule has 5 heteroatoms. The van der Waals surface area contributed by atoms with Gasteiger partial charge in [-0.2, -0.15) is 0 Å². The molecule has 2 aromatic rings. The summed E-state index contributed by atoms with van der Waals surface area (Å²) in [7, 11) is 0. The Morgan fingerprint density at radius 1 is 1.00 bits per heavy atom. The van der Waals surface area contributed by atoms with Crippen molar-refractivity contribution in [3.05, 3.63) is 70.2 Å². The molecule has 2 N–H and O–H groups in total. The molecular formula is C15H15BrN2O2. The summed E-state index contributed by atoms with van der Waals surface area (Å²) in [5.74, 6) is 0. The van der Waals surface area contributed by atoms with Crippen molar-refractivity contribution < 1.29 is 9.53 Å². The van der Waals surface area contributed by atoms with E-state index in [-0.39, 0.29) is 6.61 Å². The van der Waals surface area contributed by atoms with Gasteiger partial charge >= 0.3 is 6.09 Å². The molecule has 0 heterocycles. The van der Waals surface area contributed by atoms with Crippen LogP contribution in [0.25, 0.3) is 0 Å². The van der Waals surface area contributed by atoms with Gasteiger partial charge < -0.3 is 4.74 Å². The zero-order valence-corrected chi connectivity index (χ0v) is 12.4. The van der Waals surface area contributed by atoms with Crippen molar-refractivity contribution >= 4 is 22.0 Å². The third kappa shape index (κ3) is 5.03. The zero-order chi connectivity index (χ0) is 14.2. The summed E-state index contributed by atoms with van der Waals surface area (Å²) in [5.41, 5.74) is 7.33. The standard InChI is InChI=1S/C15H15BrN2O2/c16-14-8-6-12(7-9-14)10-17-18-15(19)20-11-13-4-2-1-3-5-13/h1-9,17H,10-11H2,(H,18,19). The van der Waals surface area contributed by atoms with E-state index in [4.69, 9.17) is 4.74 Å². The van der Waals surface area contributed by atoms with Crippen LogP contribution in [0.3, 0.4) is 0 Å². The Balaban J connectivity index is 1.66. The van der Waals surface area contributed by atoms with E-state index in [1.54, 1.807) is 0 Å². The van der Waals surface area contributed by atoms with Crippen molar-refractivity contribution in [3.8, 4) is 0 Å². The van der Waals surface area contributed by atoms with Crippen LogP contribution in [0.5, 0.6) is 0 Å². The number of rotatable bonds is 5. The van der Waals surface area contributed by atoms with E-state index in [2.05, 4.69) is 26.8 Å². The van der Waals surface area contributed by atoms with Crippen LogP contribution in [-0.4, -0.2) is 6.09 Å². The van der Waals surface area contributed by atoms with Crippen LogP contribution in [-0.2, 0) is 17.9 Å². The fourth-order valence-corrected chi connectivity index (χ4v) is 1.84. The first-order valence-electron chi connectivity index (χ1n) is 6.18. The maximum Gasteiger partial charge on any atom is 0.421 e. The molecule has 0 aromatic heterocycles. The number of ether oxygens (including phenoxy) is 1. The molecule has 0 spiro atoms. The Bertz CT molecular complexity index is 544. The number of halogens is 1. The topological polar surface area (TPSA) is 50.4 Å². The third-order valence-electron chi connectivity index (χ3n) is 2.61. The Hall–Kier alpha value is -1.85. The number of hydrogen-bond donors (Lipinski definition) is 2. The van der Waals surface area contributed by atoms with Crippen LogP contribution in [0.15, 0.2) is 59.1 Å². The lowest BCUT2D eigenvalue weighted by molar-refractivity contribution is 0.134. The highest BCUT2D eigenvalue weighted by Crippen LogP contribution is 2.09. The van der Waals surface area contributed by atoms with Gasteiger partial charge in [0.1, 0.15) is 6.61 Å². The highest BCUT2D eigenvalue weighted by molar-refractivity contribution is 9.10. The molecule has 0 aliphatic carbocycles. The Morgan fingerprint density at radius 2 is 1.70 bits per heavy atom. The predicted molar refractivity (Wildman–Crippen MR) is 80.7 cm³/mol. The van der Waals surface area contributed by atoms with Gasteiger partial charge in [-0.15, -0.1) is 0 Å². The fraction of sp³-hybridized carbons (Fsp3) is 0.133. The highest BCUT2D eigenvalue weighted by Gasteiger charge is 2.01. The van der Waals surface area contributed by atoms with Crippen molar-refractivity contribution in [1.29, 1.82) is 0 Å². The van der Waals surface area contributed by atoms with Gasteiger partial charge in [-0.1, -0.05) is 58.4 Å². The van der Waals surface area contributed by atoms with E-state index < -0.39 is 6.09 Å². The van der Waals surface area contributed by atoms with E-state index in [0.717, 1.165) is 15.6 Å². The maximum absolute atomic E-state index is 11.5. The van der Waals surface area contributed by atoms with Crippen molar-refractivity contribution in [1.82, 2.24) is 10.9 Å². The minimum absolute atomic E-state index is 0.257. The molecule has 0 radical (unpaired) electrons. The molecule has 0 fully saturated rings. The molecule has 0 aliphatic rings. The smallest absolute Gasteiger partial charge is 0.421 e. The lowest BCUT2D eigenvalue weighted by Gasteiger charge is -2.08. The van der Waals surface area contributed by atoms with Crippen LogP contribution < -0.4 is 10.9 Å². The van der Waals surface area contributed by atoms with Gasteiger partial charge in [0.15, 0.2) is 0 Å². The predicted octanol–water partition coefficient (Wildman–Crippen LogP) is 3.38.